The van der Waals surface area contributed by atoms with Crippen LogP contribution >= 0.6 is 11.6 Å². The van der Waals surface area contributed by atoms with E-state index in [1.165, 1.54) is 5.56 Å². The number of anilines is 3. The number of aryl methyl sites for hydroxylation is 2. The van der Waals surface area contributed by atoms with Crippen molar-refractivity contribution in [3.05, 3.63) is 52.5 Å². The summed E-state index contributed by atoms with van der Waals surface area (Å²) in [5.74, 6) is -0.224. The molecule has 2 rings (SSSR count). The van der Waals surface area contributed by atoms with Crippen molar-refractivity contribution < 1.29 is 9.59 Å². The van der Waals surface area contributed by atoms with Crippen LogP contribution in [0.5, 0.6) is 0 Å². The van der Waals surface area contributed by atoms with Crippen molar-refractivity contribution in [1.82, 2.24) is 0 Å². The zero-order valence-corrected chi connectivity index (χ0v) is 16.0. The standard InChI is InChI=1S/C20H24ClN3O2/c1-4-5-19(25)23-16-8-9-17(21)18(11-16)22-12-20(26)24-15-7-6-13(2)14(3)10-15/h6-11,22H,4-5,12H2,1-3H3,(H,23,25)(H,24,26). The largest absolute Gasteiger partial charge is 0.375 e. The highest BCUT2D eigenvalue weighted by molar-refractivity contribution is 6.33. The number of rotatable bonds is 7. The van der Waals surface area contributed by atoms with Crippen molar-refractivity contribution in [1.29, 1.82) is 0 Å². The first-order valence-corrected chi connectivity index (χ1v) is 8.97. The third kappa shape index (κ3) is 5.77. The van der Waals surface area contributed by atoms with E-state index in [1.54, 1.807) is 18.2 Å². The van der Waals surface area contributed by atoms with Gasteiger partial charge in [0.1, 0.15) is 0 Å². The van der Waals surface area contributed by atoms with Gasteiger partial charge in [-0.25, -0.2) is 0 Å². The van der Waals surface area contributed by atoms with E-state index in [1.807, 2.05) is 39.0 Å². The fraction of sp³-hybridized carbons (Fsp3) is 0.300. The number of halogens is 1. The Morgan fingerprint density at radius 3 is 2.27 bits per heavy atom. The molecule has 0 bridgehead atoms. The van der Waals surface area contributed by atoms with Crippen LogP contribution in [0.25, 0.3) is 0 Å². The number of carbonyl (C=O) groups excluding carboxylic acids is 2. The lowest BCUT2D eigenvalue weighted by Crippen LogP contribution is -2.22. The van der Waals surface area contributed by atoms with Gasteiger partial charge in [-0.3, -0.25) is 9.59 Å². The number of benzene rings is 2. The Bertz CT molecular complexity index is 806. The second-order valence-electron chi connectivity index (χ2n) is 6.19. The van der Waals surface area contributed by atoms with E-state index in [4.69, 9.17) is 11.6 Å². The molecule has 0 unspecified atom stereocenters. The first kappa shape index (κ1) is 19.8. The van der Waals surface area contributed by atoms with E-state index in [0.717, 1.165) is 17.7 Å². The monoisotopic (exact) mass is 373 g/mol. The SMILES string of the molecule is CCCC(=O)Nc1ccc(Cl)c(NCC(=O)Nc2ccc(C)c(C)c2)c1. The minimum atomic E-state index is -0.176. The second kappa shape index (κ2) is 9.25. The predicted molar refractivity (Wildman–Crippen MR) is 108 cm³/mol. The van der Waals surface area contributed by atoms with E-state index in [-0.39, 0.29) is 18.4 Å². The molecule has 3 N–H and O–H groups in total. The summed E-state index contributed by atoms with van der Waals surface area (Å²) in [6.45, 7) is 6.04. The molecular formula is C20H24ClN3O2. The third-order valence-electron chi connectivity index (χ3n) is 3.96. The predicted octanol–water partition coefficient (Wildman–Crippen LogP) is 4.75. The minimum absolute atomic E-state index is 0.0479. The molecule has 0 aliphatic rings. The molecule has 138 valence electrons. The molecule has 0 saturated carbocycles. The summed E-state index contributed by atoms with van der Waals surface area (Å²) in [7, 11) is 0. The summed E-state index contributed by atoms with van der Waals surface area (Å²) in [6.07, 6.45) is 1.24. The molecule has 0 aromatic heterocycles. The number of amides is 2. The summed E-state index contributed by atoms with van der Waals surface area (Å²) in [4.78, 5) is 23.9. The van der Waals surface area contributed by atoms with Crippen molar-refractivity contribution in [2.45, 2.75) is 33.6 Å². The zero-order valence-electron chi connectivity index (χ0n) is 15.3. The van der Waals surface area contributed by atoms with Gasteiger partial charge in [-0.05, 0) is 61.7 Å². The second-order valence-corrected chi connectivity index (χ2v) is 6.60. The lowest BCUT2D eigenvalue weighted by molar-refractivity contribution is -0.116. The Labute approximate surface area is 159 Å². The van der Waals surface area contributed by atoms with Gasteiger partial charge in [0, 0.05) is 17.8 Å². The fourth-order valence-corrected chi connectivity index (χ4v) is 2.57. The van der Waals surface area contributed by atoms with Crippen molar-refractivity contribution in [3.8, 4) is 0 Å². The lowest BCUT2D eigenvalue weighted by Gasteiger charge is -2.12. The first-order chi connectivity index (χ1) is 12.4. The Balaban J connectivity index is 1.96. The normalized spacial score (nSPS) is 10.3. The van der Waals surface area contributed by atoms with Gasteiger partial charge < -0.3 is 16.0 Å². The molecule has 0 radical (unpaired) electrons. The van der Waals surface area contributed by atoms with Crippen LogP contribution in [0, 0.1) is 13.8 Å². The van der Waals surface area contributed by atoms with Crippen LogP contribution in [0.2, 0.25) is 5.02 Å². The molecular weight excluding hydrogens is 350 g/mol. The van der Waals surface area contributed by atoms with Gasteiger partial charge in [-0.2, -0.15) is 0 Å². The maximum absolute atomic E-state index is 12.2. The van der Waals surface area contributed by atoms with E-state index in [9.17, 15) is 9.59 Å². The number of carbonyl (C=O) groups is 2. The quantitative estimate of drug-likeness (QED) is 0.656. The van der Waals surface area contributed by atoms with Crippen molar-refractivity contribution in [2.24, 2.45) is 0 Å². The van der Waals surface area contributed by atoms with E-state index in [2.05, 4.69) is 16.0 Å². The zero-order chi connectivity index (χ0) is 19.1. The topological polar surface area (TPSA) is 70.2 Å². The maximum atomic E-state index is 12.2. The molecule has 0 heterocycles. The lowest BCUT2D eigenvalue weighted by atomic mass is 10.1. The Morgan fingerprint density at radius 2 is 1.58 bits per heavy atom. The van der Waals surface area contributed by atoms with Gasteiger partial charge in [0.25, 0.3) is 0 Å². The molecule has 0 aliphatic carbocycles. The molecule has 26 heavy (non-hydrogen) atoms. The van der Waals surface area contributed by atoms with Crippen LogP contribution in [0.4, 0.5) is 17.1 Å². The Kier molecular flexibility index (Phi) is 7.04. The van der Waals surface area contributed by atoms with Crippen molar-refractivity contribution >= 4 is 40.5 Å². The molecule has 2 aromatic carbocycles. The van der Waals surface area contributed by atoms with E-state index >= 15 is 0 Å². The average Bonchev–Trinajstić information content (AvgIpc) is 2.59. The summed E-state index contributed by atoms with van der Waals surface area (Å²) >= 11 is 6.17. The van der Waals surface area contributed by atoms with Gasteiger partial charge in [0.05, 0.1) is 17.3 Å². The molecule has 6 heteroatoms. The molecule has 5 nitrogen and oxygen atoms in total. The van der Waals surface area contributed by atoms with Crippen molar-refractivity contribution in [3.63, 3.8) is 0 Å². The van der Waals surface area contributed by atoms with Crippen molar-refractivity contribution in [2.75, 3.05) is 22.5 Å². The Hall–Kier alpha value is -2.53. The van der Waals surface area contributed by atoms with Gasteiger partial charge in [0.15, 0.2) is 0 Å². The molecule has 2 aromatic rings. The number of nitrogens with one attached hydrogen (secondary N) is 3. The van der Waals surface area contributed by atoms with Gasteiger partial charge in [-0.1, -0.05) is 24.6 Å². The maximum Gasteiger partial charge on any atom is 0.243 e. The van der Waals surface area contributed by atoms with Gasteiger partial charge >= 0.3 is 0 Å². The van der Waals surface area contributed by atoms with Crippen LogP contribution < -0.4 is 16.0 Å². The van der Waals surface area contributed by atoms with Crippen LogP contribution in [0.1, 0.15) is 30.9 Å². The number of hydrogen-bond acceptors (Lipinski definition) is 3. The van der Waals surface area contributed by atoms with E-state index < -0.39 is 0 Å². The summed E-state index contributed by atoms with van der Waals surface area (Å²) in [5.41, 5.74) is 4.29. The fourth-order valence-electron chi connectivity index (χ4n) is 2.39. The summed E-state index contributed by atoms with van der Waals surface area (Å²) in [6, 6.07) is 10.9. The highest BCUT2D eigenvalue weighted by Crippen LogP contribution is 2.25. The first-order valence-electron chi connectivity index (χ1n) is 8.59. The van der Waals surface area contributed by atoms with Crippen LogP contribution in [0.15, 0.2) is 36.4 Å². The third-order valence-corrected chi connectivity index (χ3v) is 4.29. The van der Waals surface area contributed by atoms with Crippen LogP contribution in [-0.4, -0.2) is 18.4 Å². The van der Waals surface area contributed by atoms with Crippen LogP contribution in [-0.2, 0) is 9.59 Å². The number of hydrogen-bond donors (Lipinski definition) is 3. The molecule has 0 aliphatic heterocycles. The smallest absolute Gasteiger partial charge is 0.243 e. The summed E-state index contributed by atoms with van der Waals surface area (Å²) < 4.78 is 0. The molecule has 2 amide bonds. The highest BCUT2D eigenvalue weighted by Gasteiger charge is 2.08. The van der Waals surface area contributed by atoms with E-state index in [0.29, 0.717) is 22.8 Å². The van der Waals surface area contributed by atoms with Crippen LogP contribution in [0.3, 0.4) is 0 Å². The Morgan fingerprint density at radius 1 is 0.923 bits per heavy atom. The molecule has 0 spiro atoms. The minimum Gasteiger partial charge on any atom is -0.375 e. The summed E-state index contributed by atoms with van der Waals surface area (Å²) in [5, 5.41) is 9.15. The molecule has 0 saturated heterocycles. The average molecular weight is 374 g/mol. The van der Waals surface area contributed by atoms with Gasteiger partial charge in [0.2, 0.25) is 11.8 Å². The van der Waals surface area contributed by atoms with Gasteiger partial charge in [-0.15, -0.1) is 0 Å². The molecule has 0 atom stereocenters. The molecule has 0 fully saturated rings. The highest BCUT2D eigenvalue weighted by atomic mass is 35.5.